The summed E-state index contributed by atoms with van der Waals surface area (Å²) < 4.78 is 0. The topological polar surface area (TPSA) is 70.2 Å². The molecule has 0 atom stereocenters. The summed E-state index contributed by atoms with van der Waals surface area (Å²) in [5.41, 5.74) is 0. The minimum atomic E-state index is -0.0882. The Morgan fingerprint density at radius 3 is 2.87 bits per heavy atom. The second-order valence-corrected chi connectivity index (χ2v) is 6.67. The van der Waals surface area contributed by atoms with Gasteiger partial charge in [0.2, 0.25) is 0 Å². The van der Waals surface area contributed by atoms with Crippen molar-refractivity contribution in [1.29, 1.82) is 0 Å². The van der Waals surface area contributed by atoms with Crippen LogP contribution < -0.4 is 15.5 Å². The molecule has 1 fully saturated rings. The van der Waals surface area contributed by atoms with E-state index >= 15 is 0 Å². The molecule has 3 heterocycles. The number of nitrogens with zero attached hydrogens (tertiary/aromatic N) is 3. The molecular formula is C16H21N5OS. The number of hydrogen-bond donors (Lipinski definition) is 2. The van der Waals surface area contributed by atoms with Gasteiger partial charge < -0.3 is 15.5 Å². The summed E-state index contributed by atoms with van der Waals surface area (Å²) in [5.74, 6) is 1.46. The maximum Gasteiger partial charge on any atom is 0.315 e. The highest BCUT2D eigenvalue weighted by Gasteiger charge is 2.20. The lowest BCUT2D eigenvalue weighted by Crippen LogP contribution is -2.41. The van der Waals surface area contributed by atoms with Crippen molar-refractivity contribution in [2.24, 2.45) is 5.92 Å². The second kappa shape index (κ2) is 7.92. The molecule has 2 aromatic heterocycles. The number of rotatable bonds is 5. The molecule has 1 saturated heterocycles. The normalized spacial score (nSPS) is 15.4. The van der Waals surface area contributed by atoms with E-state index in [1.807, 2.05) is 17.5 Å². The number of piperidine rings is 1. The Labute approximate surface area is 140 Å². The number of carbonyl (C=O) groups excluding carboxylic acids is 1. The van der Waals surface area contributed by atoms with Gasteiger partial charge in [0.25, 0.3) is 0 Å². The summed E-state index contributed by atoms with van der Waals surface area (Å²) in [5, 5.41) is 7.88. The van der Waals surface area contributed by atoms with Crippen LogP contribution in [0.3, 0.4) is 0 Å². The fourth-order valence-electron chi connectivity index (χ4n) is 2.70. The summed E-state index contributed by atoms with van der Waals surface area (Å²) in [6.45, 7) is 3.24. The first kappa shape index (κ1) is 15.7. The summed E-state index contributed by atoms with van der Waals surface area (Å²) in [7, 11) is 0. The first-order valence-electron chi connectivity index (χ1n) is 7.86. The van der Waals surface area contributed by atoms with Gasteiger partial charge in [-0.1, -0.05) is 6.07 Å². The van der Waals surface area contributed by atoms with Crippen molar-refractivity contribution in [2.75, 3.05) is 24.5 Å². The minimum Gasteiger partial charge on any atom is -0.355 e. The van der Waals surface area contributed by atoms with Crippen molar-refractivity contribution in [1.82, 2.24) is 20.6 Å². The molecule has 23 heavy (non-hydrogen) atoms. The molecule has 0 radical (unpaired) electrons. The number of nitrogens with one attached hydrogen (secondary N) is 2. The van der Waals surface area contributed by atoms with Gasteiger partial charge in [-0.3, -0.25) is 4.98 Å². The number of aromatic nitrogens is 2. The van der Waals surface area contributed by atoms with Crippen LogP contribution in [0.4, 0.5) is 10.6 Å². The molecule has 2 N–H and O–H groups in total. The molecule has 0 unspecified atom stereocenters. The third kappa shape index (κ3) is 4.66. The molecule has 0 aromatic carbocycles. The van der Waals surface area contributed by atoms with Gasteiger partial charge in [0, 0.05) is 36.9 Å². The fourth-order valence-corrected chi connectivity index (χ4v) is 3.35. The zero-order chi connectivity index (χ0) is 15.9. The summed E-state index contributed by atoms with van der Waals surface area (Å²) in [4.78, 5) is 23.7. The van der Waals surface area contributed by atoms with Crippen LogP contribution in [-0.2, 0) is 6.54 Å². The second-order valence-electron chi connectivity index (χ2n) is 5.64. The van der Waals surface area contributed by atoms with Crippen LogP contribution in [-0.4, -0.2) is 35.6 Å². The average molecular weight is 331 g/mol. The zero-order valence-electron chi connectivity index (χ0n) is 12.9. The average Bonchev–Trinajstić information content (AvgIpc) is 3.13. The number of carbonyl (C=O) groups is 1. The van der Waals surface area contributed by atoms with E-state index < -0.39 is 0 Å². The van der Waals surface area contributed by atoms with E-state index in [0.717, 1.165) is 43.2 Å². The van der Waals surface area contributed by atoms with E-state index in [1.54, 1.807) is 29.9 Å². The van der Waals surface area contributed by atoms with Crippen molar-refractivity contribution >= 4 is 23.2 Å². The number of urea groups is 1. The Hall–Kier alpha value is -2.15. The Kier molecular flexibility index (Phi) is 5.42. The van der Waals surface area contributed by atoms with Crippen LogP contribution in [0.1, 0.15) is 17.7 Å². The predicted octanol–water partition coefficient (Wildman–Crippen LogP) is 2.25. The molecular weight excluding hydrogens is 310 g/mol. The maximum atomic E-state index is 11.8. The lowest BCUT2D eigenvalue weighted by atomic mass is 9.97. The highest BCUT2D eigenvalue weighted by molar-refractivity contribution is 7.09. The third-order valence-electron chi connectivity index (χ3n) is 4.04. The highest BCUT2D eigenvalue weighted by atomic mass is 32.1. The molecule has 0 bridgehead atoms. The number of anilines is 1. The quantitative estimate of drug-likeness (QED) is 0.882. The van der Waals surface area contributed by atoms with Crippen LogP contribution in [0.15, 0.2) is 36.1 Å². The van der Waals surface area contributed by atoms with Gasteiger partial charge >= 0.3 is 6.03 Å². The van der Waals surface area contributed by atoms with Crippen molar-refractivity contribution in [3.8, 4) is 0 Å². The van der Waals surface area contributed by atoms with Gasteiger partial charge in [0.15, 0.2) is 0 Å². The van der Waals surface area contributed by atoms with Crippen LogP contribution in [0.5, 0.6) is 0 Å². The lowest BCUT2D eigenvalue weighted by molar-refractivity contribution is 0.237. The molecule has 7 heteroatoms. The van der Waals surface area contributed by atoms with Crippen molar-refractivity contribution < 1.29 is 4.79 Å². The number of thiophene rings is 1. The predicted molar refractivity (Wildman–Crippen MR) is 91.5 cm³/mol. The van der Waals surface area contributed by atoms with E-state index in [9.17, 15) is 4.79 Å². The summed E-state index contributed by atoms with van der Waals surface area (Å²) in [6.07, 6.45) is 7.33. The minimum absolute atomic E-state index is 0.0882. The first-order chi connectivity index (χ1) is 11.3. The Balaban J connectivity index is 1.35. The van der Waals surface area contributed by atoms with Crippen LogP contribution in [0, 0.1) is 5.92 Å². The maximum absolute atomic E-state index is 11.8. The standard InChI is InChI=1S/C16H21N5OS/c22-16(20-11-14-2-1-9-23-14)19-10-13-3-7-21(8-4-13)15-12-17-5-6-18-15/h1-2,5-6,9,12-13H,3-4,7-8,10-11H2,(H2,19,20,22). The summed E-state index contributed by atoms with van der Waals surface area (Å²) in [6, 6.07) is 3.92. The van der Waals surface area contributed by atoms with Gasteiger partial charge in [-0.2, -0.15) is 0 Å². The molecule has 0 aliphatic carbocycles. The van der Waals surface area contributed by atoms with Crippen molar-refractivity contribution in [3.05, 3.63) is 41.0 Å². The van der Waals surface area contributed by atoms with E-state index in [-0.39, 0.29) is 6.03 Å². The van der Waals surface area contributed by atoms with Crippen LogP contribution in [0.25, 0.3) is 0 Å². The first-order valence-corrected chi connectivity index (χ1v) is 8.74. The fraction of sp³-hybridized carbons (Fsp3) is 0.438. The van der Waals surface area contributed by atoms with Gasteiger partial charge in [0.1, 0.15) is 5.82 Å². The molecule has 1 aliphatic heterocycles. The Morgan fingerprint density at radius 2 is 2.17 bits per heavy atom. The van der Waals surface area contributed by atoms with Gasteiger partial charge in [0.05, 0.1) is 12.7 Å². The van der Waals surface area contributed by atoms with E-state index in [4.69, 9.17) is 0 Å². The van der Waals surface area contributed by atoms with Crippen LogP contribution >= 0.6 is 11.3 Å². The molecule has 3 rings (SSSR count). The Bertz CT molecular complexity index is 596. The van der Waals surface area contributed by atoms with E-state index in [1.165, 1.54) is 0 Å². The SMILES string of the molecule is O=C(NCc1cccs1)NCC1CCN(c2cnccn2)CC1. The monoisotopic (exact) mass is 331 g/mol. The van der Waals surface area contributed by atoms with Gasteiger partial charge in [-0.05, 0) is 30.2 Å². The smallest absolute Gasteiger partial charge is 0.315 e. The van der Waals surface area contributed by atoms with Gasteiger partial charge in [-0.15, -0.1) is 11.3 Å². The van der Waals surface area contributed by atoms with Crippen LogP contribution in [0.2, 0.25) is 0 Å². The molecule has 0 saturated carbocycles. The number of amides is 2. The number of hydrogen-bond acceptors (Lipinski definition) is 5. The zero-order valence-corrected chi connectivity index (χ0v) is 13.8. The molecule has 0 spiro atoms. The third-order valence-corrected chi connectivity index (χ3v) is 4.92. The van der Waals surface area contributed by atoms with E-state index in [0.29, 0.717) is 12.5 Å². The van der Waals surface area contributed by atoms with Crippen molar-refractivity contribution in [2.45, 2.75) is 19.4 Å². The molecule has 2 amide bonds. The van der Waals surface area contributed by atoms with E-state index in [2.05, 4.69) is 25.5 Å². The summed E-state index contributed by atoms with van der Waals surface area (Å²) >= 11 is 1.65. The largest absolute Gasteiger partial charge is 0.355 e. The lowest BCUT2D eigenvalue weighted by Gasteiger charge is -2.32. The molecule has 122 valence electrons. The highest BCUT2D eigenvalue weighted by Crippen LogP contribution is 2.20. The Morgan fingerprint density at radius 1 is 1.30 bits per heavy atom. The molecule has 2 aromatic rings. The van der Waals surface area contributed by atoms with Gasteiger partial charge in [-0.25, -0.2) is 9.78 Å². The molecule has 6 nitrogen and oxygen atoms in total. The molecule has 1 aliphatic rings. The van der Waals surface area contributed by atoms with Crippen molar-refractivity contribution in [3.63, 3.8) is 0 Å².